The number of ether oxygens (including phenoxy) is 1. The van der Waals surface area contributed by atoms with Crippen molar-refractivity contribution in [2.24, 2.45) is 5.73 Å². The molecular weight excluding hydrogens is 264 g/mol. The zero-order chi connectivity index (χ0) is 15.2. The highest BCUT2D eigenvalue weighted by Gasteiger charge is 2.16. The lowest BCUT2D eigenvalue weighted by Crippen LogP contribution is -2.21. The summed E-state index contributed by atoms with van der Waals surface area (Å²) < 4.78 is 5.96. The highest BCUT2D eigenvalue weighted by molar-refractivity contribution is 6.08. The van der Waals surface area contributed by atoms with E-state index in [1.807, 2.05) is 12.1 Å². The van der Waals surface area contributed by atoms with Crippen molar-refractivity contribution in [3.8, 4) is 5.75 Å². The first-order valence-corrected chi connectivity index (χ1v) is 7.57. The fourth-order valence-corrected chi connectivity index (χ4v) is 2.69. The molecule has 0 spiro atoms. The van der Waals surface area contributed by atoms with Crippen LogP contribution in [0.3, 0.4) is 0 Å². The predicted octanol–water partition coefficient (Wildman–Crippen LogP) is 2.99. The van der Waals surface area contributed by atoms with E-state index in [0.29, 0.717) is 23.1 Å². The number of nitrogens with two attached hydrogens (primary N) is 1. The van der Waals surface area contributed by atoms with Gasteiger partial charge in [0.2, 0.25) is 5.78 Å². The third-order valence-corrected chi connectivity index (χ3v) is 3.84. The summed E-state index contributed by atoms with van der Waals surface area (Å²) in [5.74, 6) is 0.736. The van der Waals surface area contributed by atoms with Gasteiger partial charge in [0.05, 0.1) is 6.10 Å². The minimum Gasteiger partial charge on any atom is -0.490 e. The standard InChI is InChI=1S/C17H24N2O2/c1-12(18)16(19-2)17(20)13-8-10-15(11-9-13)21-14-6-4-3-5-7-14/h8-11,14,19H,3-7,18H2,1-2H3/b16-12+. The molecule has 1 aromatic rings. The monoisotopic (exact) mass is 288 g/mol. The lowest BCUT2D eigenvalue weighted by atomic mass is 9.98. The highest BCUT2D eigenvalue weighted by atomic mass is 16.5. The number of ketones is 1. The van der Waals surface area contributed by atoms with Gasteiger partial charge < -0.3 is 15.8 Å². The largest absolute Gasteiger partial charge is 0.490 e. The van der Waals surface area contributed by atoms with Gasteiger partial charge in [-0.15, -0.1) is 0 Å². The van der Waals surface area contributed by atoms with Crippen molar-refractivity contribution in [1.29, 1.82) is 0 Å². The molecule has 2 rings (SSSR count). The van der Waals surface area contributed by atoms with Gasteiger partial charge in [-0.25, -0.2) is 0 Å². The number of hydrogen-bond acceptors (Lipinski definition) is 4. The van der Waals surface area contributed by atoms with Crippen LogP contribution in [0, 0.1) is 0 Å². The van der Waals surface area contributed by atoms with Crippen molar-refractivity contribution in [2.75, 3.05) is 7.05 Å². The Balaban J connectivity index is 2.04. The van der Waals surface area contributed by atoms with Crippen LogP contribution in [0.2, 0.25) is 0 Å². The molecule has 3 N–H and O–H groups in total. The molecule has 1 aromatic carbocycles. The van der Waals surface area contributed by atoms with Gasteiger partial charge in [0.1, 0.15) is 11.4 Å². The second-order valence-electron chi connectivity index (χ2n) is 5.54. The van der Waals surface area contributed by atoms with Crippen molar-refractivity contribution in [3.05, 3.63) is 41.2 Å². The summed E-state index contributed by atoms with van der Waals surface area (Å²) in [6.07, 6.45) is 6.37. The fourth-order valence-electron chi connectivity index (χ4n) is 2.69. The SMILES string of the molecule is CN/C(C(=O)c1ccc(OC2CCCCC2)cc1)=C(\C)N. The molecule has 1 aliphatic carbocycles. The number of hydrogen-bond donors (Lipinski definition) is 2. The summed E-state index contributed by atoms with van der Waals surface area (Å²) in [5, 5.41) is 2.85. The van der Waals surface area contributed by atoms with E-state index < -0.39 is 0 Å². The first kappa shape index (κ1) is 15.4. The van der Waals surface area contributed by atoms with Gasteiger partial charge in [-0.05, 0) is 56.9 Å². The maximum atomic E-state index is 12.3. The van der Waals surface area contributed by atoms with Crippen LogP contribution >= 0.6 is 0 Å². The minimum absolute atomic E-state index is 0.0956. The zero-order valence-electron chi connectivity index (χ0n) is 12.8. The highest BCUT2D eigenvalue weighted by Crippen LogP contribution is 2.24. The van der Waals surface area contributed by atoms with Crippen LogP contribution in [-0.4, -0.2) is 18.9 Å². The molecule has 1 aliphatic rings. The second-order valence-corrected chi connectivity index (χ2v) is 5.54. The topological polar surface area (TPSA) is 64.3 Å². The number of benzene rings is 1. The number of nitrogens with one attached hydrogen (secondary N) is 1. The number of carbonyl (C=O) groups is 1. The van der Waals surface area contributed by atoms with Crippen LogP contribution in [0.4, 0.5) is 0 Å². The Morgan fingerprint density at radius 3 is 2.33 bits per heavy atom. The van der Waals surface area contributed by atoms with E-state index in [-0.39, 0.29) is 5.78 Å². The van der Waals surface area contributed by atoms with Gasteiger partial charge >= 0.3 is 0 Å². The van der Waals surface area contributed by atoms with E-state index in [1.54, 1.807) is 26.1 Å². The number of likely N-dealkylation sites (N-methyl/N-ethyl adjacent to an activating group) is 1. The van der Waals surface area contributed by atoms with Crippen molar-refractivity contribution in [3.63, 3.8) is 0 Å². The molecule has 0 saturated heterocycles. The number of rotatable bonds is 5. The van der Waals surface area contributed by atoms with Crippen LogP contribution in [0.1, 0.15) is 49.4 Å². The molecule has 0 bridgehead atoms. The van der Waals surface area contributed by atoms with Crippen molar-refractivity contribution in [1.82, 2.24) is 5.32 Å². The van der Waals surface area contributed by atoms with Gasteiger partial charge in [-0.2, -0.15) is 0 Å². The Kier molecular flexibility index (Phi) is 5.26. The average molecular weight is 288 g/mol. The van der Waals surface area contributed by atoms with Crippen LogP contribution in [-0.2, 0) is 0 Å². The third kappa shape index (κ3) is 4.00. The first-order valence-electron chi connectivity index (χ1n) is 7.57. The molecule has 0 radical (unpaired) electrons. The molecule has 0 unspecified atom stereocenters. The maximum absolute atomic E-state index is 12.3. The summed E-state index contributed by atoms with van der Waals surface area (Å²) >= 11 is 0. The third-order valence-electron chi connectivity index (χ3n) is 3.84. The molecule has 1 saturated carbocycles. The molecular formula is C17H24N2O2. The van der Waals surface area contributed by atoms with Crippen LogP contribution in [0.15, 0.2) is 35.7 Å². The summed E-state index contributed by atoms with van der Waals surface area (Å²) in [6.45, 7) is 1.71. The van der Waals surface area contributed by atoms with Crippen LogP contribution < -0.4 is 15.8 Å². The Labute approximate surface area is 126 Å². The minimum atomic E-state index is -0.0956. The maximum Gasteiger partial charge on any atom is 0.210 e. The molecule has 0 aliphatic heterocycles. The molecule has 0 heterocycles. The molecule has 21 heavy (non-hydrogen) atoms. The molecule has 0 atom stereocenters. The smallest absolute Gasteiger partial charge is 0.210 e. The van der Waals surface area contributed by atoms with Crippen molar-refractivity contribution in [2.45, 2.75) is 45.1 Å². The summed E-state index contributed by atoms with van der Waals surface area (Å²) in [6, 6.07) is 7.31. The molecule has 0 aromatic heterocycles. The average Bonchev–Trinajstić information content (AvgIpc) is 2.49. The van der Waals surface area contributed by atoms with Gasteiger partial charge in [0.15, 0.2) is 0 Å². The van der Waals surface area contributed by atoms with E-state index in [4.69, 9.17) is 10.5 Å². The normalized spacial score (nSPS) is 17.0. The number of carbonyl (C=O) groups excluding carboxylic acids is 1. The second kappa shape index (κ2) is 7.16. The van der Waals surface area contributed by atoms with E-state index >= 15 is 0 Å². The molecule has 4 nitrogen and oxygen atoms in total. The summed E-state index contributed by atoms with van der Waals surface area (Å²) in [4.78, 5) is 12.3. The van der Waals surface area contributed by atoms with Gasteiger partial charge in [-0.1, -0.05) is 6.42 Å². The first-order chi connectivity index (χ1) is 10.1. The molecule has 4 heteroatoms. The van der Waals surface area contributed by atoms with Crippen molar-refractivity contribution < 1.29 is 9.53 Å². The van der Waals surface area contributed by atoms with E-state index in [9.17, 15) is 4.79 Å². The number of allylic oxidation sites excluding steroid dienone is 2. The van der Waals surface area contributed by atoms with E-state index in [1.165, 1.54) is 19.3 Å². The van der Waals surface area contributed by atoms with Gasteiger partial charge in [-0.3, -0.25) is 4.79 Å². The molecule has 114 valence electrons. The lowest BCUT2D eigenvalue weighted by molar-refractivity contribution is 0.102. The Bertz CT molecular complexity index is 510. The van der Waals surface area contributed by atoms with Crippen LogP contribution in [0.25, 0.3) is 0 Å². The Morgan fingerprint density at radius 1 is 1.19 bits per heavy atom. The Hall–Kier alpha value is -1.97. The lowest BCUT2D eigenvalue weighted by Gasteiger charge is -2.23. The quantitative estimate of drug-likeness (QED) is 0.646. The van der Waals surface area contributed by atoms with Gasteiger partial charge in [0.25, 0.3) is 0 Å². The predicted molar refractivity (Wildman–Crippen MR) is 84.2 cm³/mol. The van der Waals surface area contributed by atoms with E-state index in [2.05, 4.69) is 5.32 Å². The van der Waals surface area contributed by atoms with Crippen LogP contribution in [0.5, 0.6) is 5.75 Å². The number of Topliss-reactive ketones (excluding diaryl/α,β-unsaturated/α-hetero) is 1. The van der Waals surface area contributed by atoms with E-state index in [0.717, 1.165) is 18.6 Å². The summed E-state index contributed by atoms with van der Waals surface area (Å²) in [7, 11) is 1.70. The molecule has 1 fully saturated rings. The summed E-state index contributed by atoms with van der Waals surface area (Å²) in [5.41, 5.74) is 7.25. The Morgan fingerprint density at radius 2 is 1.81 bits per heavy atom. The van der Waals surface area contributed by atoms with Gasteiger partial charge in [0, 0.05) is 18.3 Å². The molecule has 0 amide bonds. The fraction of sp³-hybridized carbons (Fsp3) is 0.471. The zero-order valence-corrected chi connectivity index (χ0v) is 12.8. The van der Waals surface area contributed by atoms with Crippen molar-refractivity contribution >= 4 is 5.78 Å².